The SMILES string of the molecule is CCOC(=O)Cc1cc(I)c(C#N)c(C(F)F)n1. The highest BCUT2D eigenvalue weighted by Gasteiger charge is 2.20. The number of ether oxygens (including phenoxy) is 1. The van der Waals surface area contributed by atoms with Gasteiger partial charge < -0.3 is 4.74 Å². The summed E-state index contributed by atoms with van der Waals surface area (Å²) >= 11 is 1.77. The van der Waals surface area contributed by atoms with Crippen molar-refractivity contribution < 1.29 is 18.3 Å². The molecule has 0 spiro atoms. The first-order valence-electron chi connectivity index (χ1n) is 5.02. The van der Waals surface area contributed by atoms with Crippen molar-refractivity contribution >= 4 is 28.6 Å². The Bertz CT molecular complexity index is 501. The van der Waals surface area contributed by atoms with E-state index in [2.05, 4.69) is 4.98 Å². The number of alkyl halides is 2. The van der Waals surface area contributed by atoms with E-state index in [1.807, 2.05) is 0 Å². The molecular formula is C11H9F2IN2O2. The van der Waals surface area contributed by atoms with Gasteiger partial charge >= 0.3 is 5.97 Å². The Kier molecular flexibility index (Phi) is 5.40. The number of esters is 1. The summed E-state index contributed by atoms with van der Waals surface area (Å²) in [6.45, 7) is 1.87. The van der Waals surface area contributed by atoms with Gasteiger partial charge in [-0.2, -0.15) is 5.26 Å². The van der Waals surface area contributed by atoms with Crippen LogP contribution in [0.2, 0.25) is 0 Å². The van der Waals surface area contributed by atoms with Crippen molar-refractivity contribution in [2.45, 2.75) is 19.8 Å². The van der Waals surface area contributed by atoms with Crippen LogP contribution < -0.4 is 0 Å². The predicted molar refractivity (Wildman–Crippen MR) is 67.0 cm³/mol. The van der Waals surface area contributed by atoms with Crippen molar-refractivity contribution in [3.8, 4) is 6.07 Å². The van der Waals surface area contributed by atoms with Crippen LogP contribution in [-0.2, 0) is 16.0 Å². The lowest BCUT2D eigenvalue weighted by atomic mass is 10.1. The van der Waals surface area contributed by atoms with Crippen molar-refractivity contribution in [3.63, 3.8) is 0 Å². The number of pyridine rings is 1. The lowest BCUT2D eigenvalue weighted by molar-refractivity contribution is -0.142. The number of nitrogens with zero attached hydrogens (tertiary/aromatic N) is 2. The van der Waals surface area contributed by atoms with Crippen molar-refractivity contribution in [2.75, 3.05) is 6.61 Å². The second-order valence-corrected chi connectivity index (χ2v) is 4.41. The molecule has 0 unspecified atom stereocenters. The van der Waals surface area contributed by atoms with Gasteiger partial charge in [0.1, 0.15) is 11.8 Å². The number of hydrogen-bond donors (Lipinski definition) is 0. The van der Waals surface area contributed by atoms with Gasteiger partial charge in [0.05, 0.1) is 24.3 Å². The number of halogens is 3. The van der Waals surface area contributed by atoms with Crippen LogP contribution in [0, 0.1) is 14.9 Å². The zero-order valence-electron chi connectivity index (χ0n) is 9.41. The van der Waals surface area contributed by atoms with E-state index in [-0.39, 0.29) is 24.3 Å². The van der Waals surface area contributed by atoms with Crippen molar-refractivity contribution in [3.05, 3.63) is 26.6 Å². The van der Waals surface area contributed by atoms with Gasteiger partial charge in [0.25, 0.3) is 6.43 Å². The Hall–Kier alpha value is -1.30. The fourth-order valence-corrected chi connectivity index (χ4v) is 2.06. The summed E-state index contributed by atoms with van der Waals surface area (Å²) in [5.74, 6) is -0.536. The molecule has 0 saturated heterocycles. The van der Waals surface area contributed by atoms with Crippen molar-refractivity contribution in [2.24, 2.45) is 0 Å². The van der Waals surface area contributed by atoms with Gasteiger partial charge in [-0.1, -0.05) is 0 Å². The third kappa shape index (κ3) is 3.60. The molecule has 0 saturated carbocycles. The minimum Gasteiger partial charge on any atom is -0.466 e. The molecular weight excluding hydrogens is 357 g/mol. The maximum absolute atomic E-state index is 12.7. The topological polar surface area (TPSA) is 63.0 Å². The number of aromatic nitrogens is 1. The van der Waals surface area contributed by atoms with E-state index < -0.39 is 18.1 Å². The number of carbonyl (C=O) groups excluding carboxylic acids is 1. The van der Waals surface area contributed by atoms with Gasteiger partial charge in [-0.3, -0.25) is 4.79 Å². The molecule has 1 rings (SSSR count). The van der Waals surface area contributed by atoms with Gasteiger partial charge in [0.2, 0.25) is 0 Å². The lowest BCUT2D eigenvalue weighted by Crippen LogP contribution is -2.11. The van der Waals surface area contributed by atoms with Crippen LogP contribution in [0.25, 0.3) is 0 Å². The quantitative estimate of drug-likeness (QED) is 0.607. The number of hydrogen-bond acceptors (Lipinski definition) is 4. The molecule has 0 N–H and O–H groups in total. The molecule has 0 atom stereocenters. The molecule has 0 amide bonds. The first-order valence-corrected chi connectivity index (χ1v) is 6.10. The van der Waals surface area contributed by atoms with Crippen LogP contribution in [0.3, 0.4) is 0 Å². The van der Waals surface area contributed by atoms with E-state index in [1.165, 1.54) is 6.07 Å². The first-order chi connectivity index (χ1) is 8.49. The Morgan fingerprint density at radius 2 is 2.33 bits per heavy atom. The minimum atomic E-state index is -2.85. The Morgan fingerprint density at radius 3 is 2.83 bits per heavy atom. The first kappa shape index (κ1) is 14.8. The average Bonchev–Trinajstić information content (AvgIpc) is 2.28. The summed E-state index contributed by atoms with van der Waals surface area (Å²) in [7, 11) is 0. The zero-order valence-corrected chi connectivity index (χ0v) is 11.6. The van der Waals surface area contributed by atoms with Gasteiger partial charge in [-0.25, -0.2) is 13.8 Å². The molecule has 1 aromatic heterocycles. The molecule has 0 bridgehead atoms. The van der Waals surface area contributed by atoms with Crippen LogP contribution in [0.4, 0.5) is 8.78 Å². The lowest BCUT2D eigenvalue weighted by Gasteiger charge is -2.07. The van der Waals surface area contributed by atoms with Gasteiger partial charge in [-0.15, -0.1) is 0 Å². The monoisotopic (exact) mass is 366 g/mol. The molecule has 4 nitrogen and oxygen atoms in total. The second-order valence-electron chi connectivity index (χ2n) is 3.25. The summed E-state index contributed by atoms with van der Waals surface area (Å²) in [6, 6.07) is 3.12. The van der Waals surface area contributed by atoms with Crippen LogP contribution in [0.15, 0.2) is 6.07 Å². The fraction of sp³-hybridized carbons (Fsp3) is 0.364. The highest BCUT2D eigenvalue weighted by atomic mass is 127. The average molecular weight is 366 g/mol. The minimum absolute atomic E-state index is 0.154. The third-order valence-corrected chi connectivity index (χ3v) is 2.85. The Morgan fingerprint density at radius 1 is 1.67 bits per heavy atom. The molecule has 0 aliphatic rings. The molecule has 7 heteroatoms. The summed E-state index contributed by atoms with van der Waals surface area (Å²) in [6.07, 6.45) is -3.04. The Labute approximate surface area is 116 Å². The zero-order chi connectivity index (χ0) is 13.7. The molecule has 0 radical (unpaired) electrons. The maximum atomic E-state index is 12.7. The Balaban J connectivity index is 3.10. The van der Waals surface area contributed by atoms with E-state index in [4.69, 9.17) is 10.00 Å². The normalized spacial score (nSPS) is 10.2. The molecule has 0 aliphatic carbocycles. The van der Waals surface area contributed by atoms with Crippen molar-refractivity contribution in [1.29, 1.82) is 5.26 Å². The predicted octanol–water partition coefficient (Wildman–Crippen LogP) is 2.60. The molecule has 0 aliphatic heterocycles. The standard InChI is InChI=1S/C11H9F2IN2O2/c1-2-18-9(17)4-6-3-8(14)7(5-15)10(16-6)11(12)13/h3,11H,2,4H2,1H3. The molecule has 1 heterocycles. The van der Waals surface area contributed by atoms with Gasteiger partial charge in [0, 0.05) is 3.57 Å². The number of rotatable bonds is 4. The van der Waals surface area contributed by atoms with E-state index in [9.17, 15) is 13.6 Å². The van der Waals surface area contributed by atoms with Crippen LogP contribution in [0.1, 0.15) is 30.3 Å². The number of carbonyl (C=O) groups is 1. The molecule has 0 aromatic carbocycles. The number of nitriles is 1. The summed E-state index contributed by atoms with van der Waals surface area (Å²) in [5.41, 5.74) is -0.575. The largest absolute Gasteiger partial charge is 0.466 e. The highest BCUT2D eigenvalue weighted by Crippen LogP contribution is 2.25. The highest BCUT2D eigenvalue weighted by molar-refractivity contribution is 14.1. The third-order valence-electron chi connectivity index (χ3n) is 2.00. The summed E-state index contributed by atoms with van der Waals surface area (Å²) in [5, 5.41) is 8.79. The van der Waals surface area contributed by atoms with Crippen LogP contribution in [0.5, 0.6) is 0 Å². The molecule has 0 fully saturated rings. The molecule has 1 aromatic rings. The fourth-order valence-electron chi connectivity index (χ4n) is 1.30. The van der Waals surface area contributed by atoms with E-state index >= 15 is 0 Å². The second kappa shape index (κ2) is 6.58. The van der Waals surface area contributed by atoms with E-state index in [0.29, 0.717) is 3.57 Å². The summed E-state index contributed by atoms with van der Waals surface area (Å²) < 4.78 is 30.5. The van der Waals surface area contributed by atoms with Gasteiger partial charge in [0.15, 0.2) is 0 Å². The van der Waals surface area contributed by atoms with Crippen LogP contribution >= 0.6 is 22.6 Å². The van der Waals surface area contributed by atoms with E-state index in [0.717, 1.165) is 0 Å². The van der Waals surface area contributed by atoms with Crippen LogP contribution in [-0.4, -0.2) is 17.6 Å². The summed E-state index contributed by atoms with van der Waals surface area (Å²) in [4.78, 5) is 14.9. The van der Waals surface area contributed by atoms with Crippen molar-refractivity contribution in [1.82, 2.24) is 4.98 Å². The van der Waals surface area contributed by atoms with Gasteiger partial charge in [-0.05, 0) is 35.6 Å². The van der Waals surface area contributed by atoms with E-state index in [1.54, 1.807) is 35.6 Å². The maximum Gasteiger partial charge on any atom is 0.311 e. The molecule has 18 heavy (non-hydrogen) atoms. The molecule has 96 valence electrons. The smallest absolute Gasteiger partial charge is 0.311 e.